The van der Waals surface area contributed by atoms with E-state index in [0.717, 1.165) is 35.0 Å². The number of nitrogens with one attached hydrogen (secondary N) is 1. The Hall–Kier alpha value is -3.20. The number of sulfonamides is 1. The van der Waals surface area contributed by atoms with Gasteiger partial charge < -0.3 is 9.30 Å². The number of halogens is 1. The molecule has 0 saturated carbocycles. The second-order valence-corrected chi connectivity index (χ2v) is 10.6. The summed E-state index contributed by atoms with van der Waals surface area (Å²) < 4.78 is 35.1. The van der Waals surface area contributed by atoms with Gasteiger partial charge in [0.05, 0.1) is 17.1 Å². The van der Waals surface area contributed by atoms with E-state index in [1.165, 1.54) is 12.1 Å². The van der Waals surface area contributed by atoms with Gasteiger partial charge in [-0.05, 0) is 85.8 Å². The highest BCUT2D eigenvalue weighted by molar-refractivity contribution is 7.89. The molecule has 2 aromatic carbocycles. The smallest absolute Gasteiger partial charge is 0.338 e. The molecule has 0 radical (unpaired) electrons. The Balaban J connectivity index is 1.50. The molecule has 0 bridgehead atoms. The van der Waals surface area contributed by atoms with E-state index in [4.69, 9.17) is 16.3 Å². The molecule has 4 rings (SSSR count). The molecule has 0 aliphatic rings. The second-order valence-electron chi connectivity index (χ2n) is 8.37. The molecule has 0 amide bonds. The van der Waals surface area contributed by atoms with Crippen LogP contribution in [-0.4, -0.2) is 37.1 Å². The highest BCUT2D eigenvalue weighted by Gasteiger charge is 2.15. The van der Waals surface area contributed by atoms with Crippen LogP contribution in [0.3, 0.4) is 0 Å². The van der Waals surface area contributed by atoms with Gasteiger partial charge in [-0.15, -0.1) is 0 Å². The van der Waals surface area contributed by atoms with Crippen LogP contribution in [-0.2, 0) is 34.1 Å². The van der Waals surface area contributed by atoms with Crippen LogP contribution in [0.25, 0.3) is 10.9 Å². The van der Waals surface area contributed by atoms with Crippen molar-refractivity contribution in [1.82, 2.24) is 14.3 Å². The maximum Gasteiger partial charge on any atom is 0.338 e. The van der Waals surface area contributed by atoms with Crippen molar-refractivity contribution in [2.24, 2.45) is 0 Å². The van der Waals surface area contributed by atoms with Gasteiger partial charge in [0.2, 0.25) is 10.0 Å². The lowest BCUT2D eigenvalue weighted by atomic mass is 10.1. The average molecular weight is 526 g/mol. The maximum absolute atomic E-state index is 12.6. The van der Waals surface area contributed by atoms with Crippen molar-refractivity contribution in [1.29, 1.82) is 0 Å². The van der Waals surface area contributed by atoms with Gasteiger partial charge in [0.15, 0.2) is 0 Å². The zero-order chi connectivity index (χ0) is 25.5. The second kappa shape index (κ2) is 11.7. The fourth-order valence-electron chi connectivity index (χ4n) is 4.07. The molecule has 0 spiro atoms. The largest absolute Gasteiger partial charge is 0.462 e. The summed E-state index contributed by atoms with van der Waals surface area (Å²) in [4.78, 5) is 16.7. The Morgan fingerprint density at radius 2 is 1.92 bits per heavy atom. The first-order valence-electron chi connectivity index (χ1n) is 11.8. The van der Waals surface area contributed by atoms with Crippen LogP contribution in [0.5, 0.6) is 0 Å². The van der Waals surface area contributed by atoms with E-state index in [1.54, 1.807) is 31.3 Å². The van der Waals surface area contributed by atoms with E-state index in [-0.39, 0.29) is 17.4 Å². The molecule has 0 aliphatic carbocycles. The molecule has 0 fully saturated rings. The molecule has 1 N–H and O–H groups in total. The standard InChI is InChI=1S/C27H28ClN3O4S/c1-2-35-27(32)21-7-12-26-25(17-21)22(19-31(26)16-13-20-5-3-14-29-18-20)6-4-15-30-36(33,34)24-10-8-23(28)9-11-24/h3,5,7-12,14,17-19,30H,2,4,6,13,15-16H2,1H3. The molecule has 0 aliphatic heterocycles. The van der Waals surface area contributed by atoms with Gasteiger partial charge in [0.1, 0.15) is 0 Å². The third-order valence-corrected chi connectivity index (χ3v) is 7.61. The van der Waals surface area contributed by atoms with Crippen LogP contribution in [0.1, 0.15) is 34.8 Å². The van der Waals surface area contributed by atoms with Gasteiger partial charge >= 0.3 is 5.97 Å². The van der Waals surface area contributed by atoms with E-state index in [9.17, 15) is 13.2 Å². The predicted molar refractivity (Wildman–Crippen MR) is 141 cm³/mol. The molecule has 2 aromatic heterocycles. The molecule has 7 nitrogen and oxygen atoms in total. The first kappa shape index (κ1) is 25.9. The molecule has 9 heteroatoms. The number of rotatable bonds is 11. The molecule has 4 aromatic rings. The van der Waals surface area contributed by atoms with Gasteiger partial charge in [-0.1, -0.05) is 17.7 Å². The Labute approximate surface area is 216 Å². The predicted octanol–water partition coefficient (Wildman–Crippen LogP) is 5.02. The van der Waals surface area contributed by atoms with Crippen LogP contribution < -0.4 is 4.72 Å². The molecular formula is C27H28ClN3O4S. The van der Waals surface area contributed by atoms with E-state index in [0.29, 0.717) is 30.0 Å². The van der Waals surface area contributed by atoms with Crippen molar-refractivity contribution < 1.29 is 17.9 Å². The number of carbonyl (C=O) groups excluding carboxylic acids is 1. The van der Waals surface area contributed by atoms with Crippen molar-refractivity contribution in [2.45, 2.75) is 37.6 Å². The number of carbonyl (C=O) groups is 1. The average Bonchev–Trinajstić information content (AvgIpc) is 3.23. The molecule has 2 heterocycles. The monoisotopic (exact) mass is 525 g/mol. The number of ether oxygens (including phenoxy) is 1. The van der Waals surface area contributed by atoms with Crippen LogP contribution in [0, 0.1) is 0 Å². The number of aryl methyl sites for hydroxylation is 3. The van der Waals surface area contributed by atoms with E-state index < -0.39 is 10.0 Å². The molecule has 36 heavy (non-hydrogen) atoms. The van der Waals surface area contributed by atoms with Crippen LogP contribution in [0.2, 0.25) is 5.02 Å². The fraction of sp³-hybridized carbons (Fsp3) is 0.259. The number of esters is 1. The van der Waals surface area contributed by atoms with Crippen LogP contribution in [0.4, 0.5) is 0 Å². The summed E-state index contributed by atoms with van der Waals surface area (Å²) in [5.74, 6) is -0.357. The van der Waals surface area contributed by atoms with Gasteiger partial charge in [-0.2, -0.15) is 0 Å². The molecule has 0 saturated heterocycles. The fourth-order valence-corrected chi connectivity index (χ4v) is 5.27. The van der Waals surface area contributed by atoms with Crippen LogP contribution >= 0.6 is 11.6 Å². The first-order valence-corrected chi connectivity index (χ1v) is 13.7. The lowest BCUT2D eigenvalue weighted by Crippen LogP contribution is -2.25. The molecule has 0 unspecified atom stereocenters. The summed E-state index contributed by atoms with van der Waals surface area (Å²) in [5, 5.41) is 1.45. The zero-order valence-electron chi connectivity index (χ0n) is 20.0. The molecular weight excluding hydrogens is 498 g/mol. The number of pyridine rings is 1. The van der Waals surface area contributed by atoms with E-state index >= 15 is 0 Å². The van der Waals surface area contributed by atoms with Gasteiger partial charge in [0, 0.05) is 47.6 Å². The zero-order valence-corrected chi connectivity index (χ0v) is 21.6. The third kappa shape index (κ3) is 6.32. The first-order chi connectivity index (χ1) is 17.4. The number of nitrogens with zero attached hydrogens (tertiary/aromatic N) is 2. The normalized spacial score (nSPS) is 11.6. The number of benzene rings is 2. The molecule has 188 valence electrons. The van der Waals surface area contributed by atoms with Crippen molar-refractivity contribution in [3.05, 3.63) is 94.9 Å². The van der Waals surface area contributed by atoms with Crippen molar-refractivity contribution in [2.75, 3.05) is 13.2 Å². The lowest BCUT2D eigenvalue weighted by molar-refractivity contribution is 0.0526. The van der Waals surface area contributed by atoms with Crippen LogP contribution in [0.15, 0.2) is 78.1 Å². The minimum atomic E-state index is -3.61. The summed E-state index contributed by atoms with van der Waals surface area (Å²) in [7, 11) is -3.61. The van der Waals surface area contributed by atoms with E-state index in [1.807, 2.05) is 30.5 Å². The van der Waals surface area contributed by atoms with Crippen molar-refractivity contribution >= 4 is 38.5 Å². The van der Waals surface area contributed by atoms with Gasteiger partial charge in [0.25, 0.3) is 0 Å². The summed E-state index contributed by atoms with van der Waals surface area (Å²) in [6, 6.07) is 15.6. The number of hydrogen-bond acceptors (Lipinski definition) is 5. The minimum absolute atomic E-state index is 0.179. The Bertz CT molecular complexity index is 1440. The Morgan fingerprint density at radius 1 is 1.11 bits per heavy atom. The lowest BCUT2D eigenvalue weighted by Gasteiger charge is -2.07. The number of hydrogen-bond donors (Lipinski definition) is 1. The highest BCUT2D eigenvalue weighted by atomic mass is 35.5. The molecule has 0 atom stereocenters. The summed E-state index contributed by atoms with van der Waals surface area (Å²) in [6.07, 6.45) is 7.76. The summed E-state index contributed by atoms with van der Waals surface area (Å²) in [6.45, 7) is 3.13. The van der Waals surface area contributed by atoms with Crippen molar-refractivity contribution in [3.8, 4) is 0 Å². The summed E-state index contributed by atoms with van der Waals surface area (Å²) in [5.41, 5.74) is 3.71. The maximum atomic E-state index is 12.6. The minimum Gasteiger partial charge on any atom is -0.462 e. The SMILES string of the molecule is CCOC(=O)c1ccc2c(c1)c(CCCNS(=O)(=O)c1ccc(Cl)cc1)cn2CCc1cccnc1. The topological polar surface area (TPSA) is 90.3 Å². The summed E-state index contributed by atoms with van der Waals surface area (Å²) >= 11 is 5.86. The van der Waals surface area contributed by atoms with Gasteiger partial charge in [-0.25, -0.2) is 17.9 Å². The Morgan fingerprint density at radius 3 is 2.64 bits per heavy atom. The Kier molecular flexibility index (Phi) is 8.40. The van der Waals surface area contributed by atoms with Crippen molar-refractivity contribution in [3.63, 3.8) is 0 Å². The number of fused-ring (bicyclic) bond motifs is 1. The highest BCUT2D eigenvalue weighted by Crippen LogP contribution is 2.25. The number of aromatic nitrogens is 2. The van der Waals surface area contributed by atoms with E-state index in [2.05, 4.69) is 20.5 Å². The van der Waals surface area contributed by atoms with Gasteiger partial charge in [-0.3, -0.25) is 4.98 Å². The quantitative estimate of drug-likeness (QED) is 0.219. The third-order valence-electron chi connectivity index (χ3n) is 5.88.